The molecule has 0 bridgehead atoms. The van der Waals surface area contributed by atoms with Gasteiger partial charge in [-0.15, -0.1) is 11.3 Å². The van der Waals surface area contributed by atoms with Crippen LogP contribution in [0.3, 0.4) is 0 Å². The largest absolute Gasteiger partial charge is 0.281 e. The highest BCUT2D eigenvalue weighted by molar-refractivity contribution is 7.10. The molecule has 2 nitrogen and oxygen atoms in total. The van der Waals surface area contributed by atoms with Crippen molar-refractivity contribution in [1.29, 1.82) is 0 Å². The summed E-state index contributed by atoms with van der Waals surface area (Å²) in [6.45, 7) is 2.11. The van der Waals surface area contributed by atoms with E-state index in [1.807, 2.05) is 5.51 Å². The maximum Gasteiger partial charge on any atom is 0.240 e. The van der Waals surface area contributed by atoms with Crippen LogP contribution in [-0.4, -0.2) is 26.1 Å². The van der Waals surface area contributed by atoms with E-state index in [-0.39, 0.29) is 0 Å². The summed E-state index contributed by atoms with van der Waals surface area (Å²) in [6.07, 6.45) is 0. The zero-order valence-corrected chi connectivity index (χ0v) is 7.70. The molecule has 0 aliphatic heterocycles. The highest BCUT2D eigenvalue weighted by atomic mass is 32.1. The van der Waals surface area contributed by atoms with E-state index in [2.05, 4.69) is 33.1 Å². The third kappa shape index (κ3) is 1.36. The Hall–Kier alpha value is -0.410. The summed E-state index contributed by atoms with van der Waals surface area (Å²) in [6, 6.07) is 0. The SMILES string of the molecule is Cc1scnc1[N+](C)(C)C. The van der Waals surface area contributed by atoms with Gasteiger partial charge in [-0.1, -0.05) is 0 Å². The summed E-state index contributed by atoms with van der Waals surface area (Å²) >= 11 is 1.70. The van der Waals surface area contributed by atoms with Gasteiger partial charge in [0.15, 0.2) is 0 Å². The molecule has 1 rings (SSSR count). The molecule has 0 N–H and O–H groups in total. The van der Waals surface area contributed by atoms with Crippen molar-refractivity contribution in [1.82, 2.24) is 9.47 Å². The van der Waals surface area contributed by atoms with Crippen molar-refractivity contribution < 1.29 is 0 Å². The highest BCUT2D eigenvalue weighted by Gasteiger charge is 2.17. The van der Waals surface area contributed by atoms with Gasteiger partial charge in [-0.25, -0.2) is 0 Å². The van der Waals surface area contributed by atoms with Gasteiger partial charge in [0.2, 0.25) is 5.82 Å². The lowest BCUT2D eigenvalue weighted by molar-refractivity contribution is 0.473. The minimum absolute atomic E-state index is 0.815. The minimum atomic E-state index is 0.815. The monoisotopic (exact) mass is 157 g/mol. The first-order valence-corrected chi connectivity index (χ1v) is 4.12. The molecular formula is C7H13N2S+. The van der Waals surface area contributed by atoms with Crippen molar-refractivity contribution in [3.63, 3.8) is 0 Å². The zero-order chi connectivity index (χ0) is 7.78. The molecule has 0 saturated carbocycles. The lowest BCUT2D eigenvalue weighted by Crippen LogP contribution is -2.35. The first-order chi connectivity index (χ1) is 4.52. The smallest absolute Gasteiger partial charge is 0.240 e. The van der Waals surface area contributed by atoms with Crippen LogP contribution in [0.15, 0.2) is 5.51 Å². The molecule has 0 aromatic carbocycles. The van der Waals surface area contributed by atoms with Gasteiger partial charge in [0.05, 0.1) is 31.5 Å². The summed E-state index contributed by atoms with van der Waals surface area (Å²) in [5.41, 5.74) is 1.90. The molecule has 1 heterocycles. The van der Waals surface area contributed by atoms with Crippen LogP contribution in [-0.2, 0) is 0 Å². The number of rotatable bonds is 1. The van der Waals surface area contributed by atoms with Crippen molar-refractivity contribution in [3.05, 3.63) is 10.4 Å². The van der Waals surface area contributed by atoms with Crippen molar-refractivity contribution in [3.8, 4) is 0 Å². The van der Waals surface area contributed by atoms with E-state index in [0.717, 1.165) is 4.48 Å². The molecule has 10 heavy (non-hydrogen) atoms. The van der Waals surface area contributed by atoms with Crippen LogP contribution in [0.1, 0.15) is 4.88 Å². The molecule has 3 heteroatoms. The van der Waals surface area contributed by atoms with Gasteiger partial charge in [-0.3, -0.25) is 4.48 Å². The molecule has 0 unspecified atom stereocenters. The van der Waals surface area contributed by atoms with Crippen molar-refractivity contribution in [2.24, 2.45) is 0 Å². The summed E-state index contributed by atoms with van der Waals surface area (Å²) < 4.78 is 0.815. The average Bonchev–Trinajstić information content (AvgIpc) is 2.11. The van der Waals surface area contributed by atoms with Gasteiger partial charge in [0, 0.05) is 0 Å². The number of aromatic nitrogens is 1. The van der Waals surface area contributed by atoms with Crippen LogP contribution in [0.2, 0.25) is 0 Å². The molecule has 0 spiro atoms. The second-order valence-corrected chi connectivity index (χ2v) is 4.30. The standard InChI is InChI=1S/C7H13N2S/c1-6-7(8-5-10-6)9(2,3)4/h5H,1-4H3/q+1. The first-order valence-electron chi connectivity index (χ1n) is 3.24. The van der Waals surface area contributed by atoms with Crippen LogP contribution < -0.4 is 4.48 Å². The molecule has 0 atom stereocenters. The molecule has 1 aromatic rings. The van der Waals surface area contributed by atoms with Crippen LogP contribution in [0.4, 0.5) is 5.82 Å². The quantitative estimate of drug-likeness (QED) is 0.565. The number of aryl methyl sites for hydroxylation is 1. The van der Waals surface area contributed by atoms with E-state index in [0.29, 0.717) is 0 Å². The van der Waals surface area contributed by atoms with E-state index >= 15 is 0 Å². The molecular weight excluding hydrogens is 144 g/mol. The normalized spacial score (nSPS) is 12.0. The first kappa shape index (κ1) is 7.69. The Morgan fingerprint density at radius 2 is 2.00 bits per heavy atom. The summed E-state index contributed by atoms with van der Waals surface area (Å²) in [4.78, 5) is 5.59. The Kier molecular flexibility index (Phi) is 1.79. The van der Waals surface area contributed by atoms with Gasteiger partial charge < -0.3 is 0 Å². The van der Waals surface area contributed by atoms with E-state index in [1.54, 1.807) is 11.3 Å². The predicted octanol–water partition coefficient (Wildman–Crippen LogP) is 1.65. The average molecular weight is 157 g/mol. The molecule has 0 amide bonds. The molecule has 0 saturated heterocycles. The van der Waals surface area contributed by atoms with E-state index in [9.17, 15) is 0 Å². The molecule has 1 aromatic heterocycles. The van der Waals surface area contributed by atoms with Gasteiger partial charge in [0.25, 0.3) is 0 Å². The predicted molar refractivity (Wildman–Crippen MR) is 46.4 cm³/mol. The third-order valence-corrected chi connectivity index (χ3v) is 2.10. The number of quaternary nitrogens is 1. The molecule has 0 aliphatic carbocycles. The van der Waals surface area contributed by atoms with Crippen molar-refractivity contribution in [2.45, 2.75) is 6.92 Å². The van der Waals surface area contributed by atoms with Gasteiger partial charge in [-0.2, -0.15) is 4.98 Å². The molecule has 0 radical (unpaired) electrons. The Balaban J connectivity index is 3.05. The Bertz CT molecular complexity index is 222. The van der Waals surface area contributed by atoms with Crippen molar-refractivity contribution >= 4 is 17.2 Å². The molecule has 0 fully saturated rings. The fraction of sp³-hybridized carbons (Fsp3) is 0.571. The summed E-state index contributed by atoms with van der Waals surface area (Å²) in [7, 11) is 6.38. The fourth-order valence-corrected chi connectivity index (χ4v) is 1.69. The number of hydrogen-bond acceptors (Lipinski definition) is 2. The van der Waals surface area contributed by atoms with Crippen LogP contribution in [0.25, 0.3) is 0 Å². The topological polar surface area (TPSA) is 12.9 Å². The Morgan fingerprint density at radius 1 is 1.40 bits per heavy atom. The summed E-state index contributed by atoms with van der Waals surface area (Å²) in [5.74, 6) is 1.17. The van der Waals surface area contributed by atoms with Gasteiger partial charge >= 0.3 is 0 Å². The summed E-state index contributed by atoms with van der Waals surface area (Å²) in [5, 5.41) is 0. The highest BCUT2D eigenvalue weighted by Crippen LogP contribution is 2.22. The second kappa shape index (κ2) is 2.32. The van der Waals surface area contributed by atoms with E-state index in [4.69, 9.17) is 0 Å². The Labute approximate surface area is 65.7 Å². The van der Waals surface area contributed by atoms with Crippen LogP contribution >= 0.6 is 11.3 Å². The molecule has 0 aliphatic rings. The Morgan fingerprint density at radius 3 is 2.20 bits per heavy atom. The van der Waals surface area contributed by atoms with E-state index < -0.39 is 0 Å². The lowest BCUT2D eigenvalue weighted by atomic mass is 10.4. The third-order valence-electron chi connectivity index (χ3n) is 1.35. The number of nitrogens with zero attached hydrogens (tertiary/aromatic N) is 2. The van der Waals surface area contributed by atoms with E-state index in [1.165, 1.54) is 10.7 Å². The fourth-order valence-electron chi connectivity index (χ4n) is 0.944. The minimum Gasteiger partial charge on any atom is -0.281 e. The zero-order valence-electron chi connectivity index (χ0n) is 6.88. The maximum atomic E-state index is 4.28. The maximum absolute atomic E-state index is 4.28. The van der Waals surface area contributed by atoms with Crippen molar-refractivity contribution in [2.75, 3.05) is 21.1 Å². The van der Waals surface area contributed by atoms with Crippen LogP contribution in [0.5, 0.6) is 0 Å². The number of thiazole rings is 1. The van der Waals surface area contributed by atoms with Gasteiger partial charge in [-0.05, 0) is 6.92 Å². The van der Waals surface area contributed by atoms with Gasteiger partial charge in [0.1, 0.15) is 0 Å². The lowest BCUT2D eigenvalue weighted by Gasteiger charge is -2.20. The molecule has 56 valence electrons. The second-order valence-electron chi connectivity index (χ2n) is 3.24. The van der Waals surface area contributed by atoms with Crippen LogP contribution in [0, 0.1) is 6.92 Å². The number of hydrogen-bond donors (Lipinski definition) is 0.